The minimum absolute atomic E-state index is 0.0951. The third-order valence-corrected chi connectivity index (χ3v) is 3.27. The highest BCUT2D eigenvalue weighted by Gasteiger charge is 2.27. The summed E-state index contributed by atoms with van der Waals surface area (Å²) in [5, 5.41) is 0. The highest BCUT2D eigenvalue weighted by atomic mass is 16.2. The van der Waals surface area contributed by atoms with Gasteiger partial charge >= 0.3 is 0 Å². The third-order valence-electron chi connectivity index (χ3n) is 3.27. The summed E-state index contributed by atoms with van der Waals surface area (Å²) < 4.78 is 0. The van der Waals surface area contributed by atoms with Crippen molar-refractivity contribution in [2.24, 2.45) is 0 Å². The van der Waals surface area contributed by atoms with Crippen molar-refractivity contribution in [3.63, 3.8) is 0 Å². The van der Waals surface area contributed by atoms with E-state index in [1.807, 2.05) is 0 Å². The molecule has 1 saturated carbocycles. The molecule has 0 heterocycles. The molecule has 0 aromatic carbocycles. The summed E-state index contributed by atoms with van der Waals surface area (Å²) in [6.07, 6.45) is 7.66. The Balaban J connectivity index is 2.56. The molecule has 1 rings (SSSR count). The molecule has 1 aliphatic carbocycles. The highest BCUT2D eigenvalue weighted by molar-refractivity contribution is 6.78. The third kappa shape index (κ3) is 4.90. The second-order valence-corrected chi connectivity index (χ2v) is 4.83. The maximum Gasteiger partial charge on any atom is 0.272 e. The first-order chi connectivity index (χ1) is 8.63. The second kappa shape index (κ2) is 7.90. The predicted octanol–water partition coefficient (Wildman–Crippen LogP) is 2.18. The van der Waals surface area contributed by atoms with E-state index in [1.165, 1.54) is 0 Å². The van der Waals surface area contributed by atoms with Crippen LogP contribution in [-0.2, 0) is 19.2 Å². The van der Waals surface area contributed by atoms with E-state index in [9.17, 15) is 19.2 Å². The fourth-order valence-electron chi connectivity index (χ4n) is 2.11. The van der Waals surface area contributed by atoms with E-state index in [2.05, 4.69) is 0 Å². The van der Waals surface area contributed by atoms with Crippen LogP contribution in [0.3, 0.4) is 0 Å². The number of carbonyl (C=O) groups excluding carboxylic acids is 4. The van der Waals surface area contributed by atoms with Crippen molar-refractivity contribution >= 4 is 23.1 Å². The molecule has 100 valence electrons. The van der Waals surface area contributed by atoms with Crippen LogP contribution in [0.4, 0.5) is 0 Å². The topological polar surface area (TPSA) is 68.3 Å². The Morgan fingerprint density at radius 2 is 0.722 bits per heavy atom. The lowest BCUT2D eigenvalue weighted by Crippen LogP contribution is -2.30. The summed E-state index contributed by atoms with van der Waals surface area (Å²) in [5.41, 5.74) is 0. The van der Waals surface area contributed by atoms with Crippen LogP contribution in [0.1, 0.15) is 64.2 Å². The first-order valence-corrected chi connectivity index (χ1v) is 6.77. The summed E-state index contributed by atoms with van der Waals surface area (Å²) in [6.45, 7) is 0. The van der Waals surface area contributed by atoms with Crippen molar-refractivity contribution in [3.8, 4) is 0 Å². The van der Waals surface area contributed by atoms with E-state index < -0.39 is 23.1 Å². The van der Waals surface area contributed by atoms with Crippen LogP contribution in [0.25, 0.3) is 0 Å². The van der Waals surface area contributed by atoms with E-state index >= 15 is 0 Å². The predicted molar refractivity (Wildman–Crippen MR) is 66.2 cm³/mol. The van der Waals surface area contributed by atoms with E-state index in [1.54, 1.807) is 0 Å². The Bertz CT molecular complexity index is 310. The van der Waals surface area contributed by atoms with Gasteiger partial charge in [0.25, 0.3) is 11.6 Å². The van der Waals surface area contributed by atoms with Gasteiger partial charge in [-0.2, -0.15) is 0 Å². The first kappa shape index (κ1) is 14.7. The number of rotatable bonds is 0. The van der Waals surface area contributed by atoms with Crippen LogP contribution >= 0.6 is 0 Å². The second-order valence-electron chi connectivity index (χ2n) is 4.83. The smallest absolute Gasteiger partial charge is 0.272 e. The Kier molecular flexibility index (Phi) is 6.47. The molecule has 0 saturated heterocycles. The highest BCUT2D eigenvalue weighted by Crippen LogP contribution is 2.12. The average Bonchev–Trinajstić information content (AvgIpc) is 2.37. The standard InChI is InChI=1S/C14H20O4/c15-11-9-7-5-3-1-2-4-6-8-10-12(16)14(18)13(11)17/h1-10H2. The lowest BCUT2D eigenvalue weighted by Gasteiger charge is -2.04. The van der Waals surface area contributed by atoms with E-state index in [0.29, 0.717) is 12.8 Å². The average molecular weight is 252 g/mol. The van der Waals surface area contributed by atoms with Crippen LogP contribution in [-0.4, -0.2) is 23.1 Å². The molecule has 4 heteroatoms. The summed E-state index contributed by atoms with van der Waals surface area (Å²) in [6, 6.07) is 0. The van der Waals surface area contributed by atoms with Crippen LogP contribution in [0.5, 0.6) is 0 Å². The van der Waals surface area contributed by atoms with Crippen molar-refractivity contribution in [2.75, 3.05) is 0 Å². The first-order valence-electron chi connectivity index (χ1n) is 6.77. The lowest BCUT2D eigenvalue weighted by molar-refractivity contribution is -0.148. The zero-order valence-electron chi connectivity index (χ0n) is 10.7. The van der Waals surface area contributed by atoms with Gasteiger partial charge in [0, 0.05) is 12.8 Å². The Labute approximate surface area is 107 Å². The largest absolute Gasteiger partial charge is 0.290 e. The summed E-state index contributed by atoms with van der Waals surface area (Å²) in [5.74, 6) is -3.63. The normalized spacial score (nSPS) is 21.8. The summed E-state index contributed by atoms with van der Waals surface area (Å²) in [4.78, 5) is 45.6. The minimum Gasteiger partial charge on any atom is -0.290 e. The zero-order valence-corrected chi connectivity index (χ0v) is 10.7. The molecule has 0 aromatic rings. The zero-order chi connectivity index (χ0) is 13.4. The molecule has 0 N–H and O–H groups in total. The number of hydrogen-bond donors (Lipinski definition) is 0. The number of Topliss-reactive ketones (excluding diaryl/α,β-unsaturated/α-hetero) is 4. The van der Waals surface area contributed by atoms with Crippen molar-refractivity contribution in [3.05, 3.63) is 0 Å². The van der Waals surface area contributed by atoms with Crippen LogP contribution < -0.4 is 0 Å². The number of carbonyl (C=O) groups is 4. The van der Waals surface area contributed by atoms with Crippen LogP contribution in [0, 0.1) is 0 Å². The van der Waals surface area contributed by atoms with Gasteiger partial charge in [-0.15, -0.1) is 0 Å². The van der Waals surface area contributed by atoms with Gasteiger partial charge in [-0.1, -0.05) is 38.5 Å². The van der Waals surface area contributed by atoms with Crippen molar-refractivity contribution in [2.45, 2.75) is 64.2 Å². The molecule has 0 radical (unpaired) electrons. The quantitative estimate of drug-likeness (QED) is 0.620. The van der Waals surface area contributed by atoms with Gasteiger partial charge in [0.2, 0.25) is 11.6 Å². The molecule has 0 bridgehead atoms. The molecule has 0 spiro atoms. The molecular weight excluding hydrogens is 232 g/mol. The maximum atomic E-state index is 11.4. The van der Waals surface area contributed by atoms with Gasteiger partial charge in [-0.3, -0.25) is 19.2 Å². The maximum absolute atomic E-state index is 11.4. The molecular formula is C14H20O4. The van der Waals surface area contributed by atoms with Gasteiger partial charge in [0.05, 0.1) is 0 Å². The molecule has 1 aliphatic rings. The Hall–Kier alpha value is -1.32. The van der Waals surface area contributed by atoms with E-state index in [4.69, 9.17) is 0 Å². The molecule has 18 heavy (non-hydrogen) atoms. The fraction of sp³-hybridized carbons (Fsp3) is 0.714. The minimum atomic E-state index is -1.11. The van der Waals surface area contributed by atoms with Crippen LogP contribution in [0.2, 0.25) is 0 Å². The summed E-state index contributed by atoms with van der Waals surface area (Å²) >= 11 is 0. The number of ketones is 4. The monoisotopic (exact) mass is 252 g/mol. The van der Waals surface area contributed by atoms with Gasteiger partial charge in [0.1, 0.15) is 0 Å². The molecule has 1 fully saturated rings. The molecule has 0 aliphatic heterocycles. The Morgan fingerprint density at radius 3 is 1.06 bits per heavy atom. The fourth-order valence-corrected chi connectivity index (χ4v) is 2.11. The SMILES string of the molecule is O=C1CCCCCCCCCCC(=O)C(=O)C1=O. The van der Waals surface area contributed by atoms with E-state index in [0.717, 1.165) is 38.5 Å². The van der Waals surface area contributed by atoms with E-state index in [-0.39, 0.29) is 12.8 Å². The van der Waals surface area contributed by atoms with Gasteiger partial charge < -0.3 is 0 Å². The van der Waals surface area contributed by atoms with Crippen molar-refractivity contribution < 1.29 is 19.2 Å². The Morgan fingerprint density at radius 1 is 0.444 bits per heavy atom. The van der Waals surface area contributed by atoms with Crippen molar-refractivity contribution in [1.29, 1.82) is 0 Å². The molecule has 0 atom stereocenters. The molecule has 0 aromatic heterocycles. The summed E-state index contributed by atoms with van der Waals surface area (Å²) in [7, 11) is 0. The van der Waals surface area contributed by atoms with Crippen molar-refractivity contribution in [1.82, 2.24) is 0 Å². The molecule has 0 unspecified atom stereocenters. The lowest BCUT2D eigenvalue weighted by atomic mass is 9.98. The number of hydrogen-bond acceptors (Lipinski definition) is 4. The van der Waals surface area contributed by atoms with Gasteiger partial charge in [0.15, 0.2) is 0 Å². The van der Waals surface area contributed by atoms with Crippen LogP contribution in [0.15, 0.2) is 0 Å². The van der Waals surface area contributed by atoms with Gasteiger partial charge in [-0.05, 0) is 12.8 Å². The van der Waals surface area contributed by atoms with Gasteiger partial charge in [-0.25, -0.2) is 0 Å². The molecule has 4 nitrogen and oxygen atoms in total. The molecule has 0 amide bonds.